The van der Waals surface area contributed by atoms with Crippen LogP contribution in [0.4, 0.5) is 17.6 Å². The third-order valence-corrected chi connectivity index (χ3v) is 2.38. The number of fused-ring (bicyclic) bond motifs is 1. The molecule has 0 saturated carbocycles. The lowest BCUT2D eigenvalue weighted by Crippen LogP contribution is -2.20. The van der Waals surface area contributed by atoms with E-state index in [-0.39, 0.29) is 10.9 Å². The lowest BCUT2D eigenvalue weighted by atomic mass is 10.3. The van der Waals surface area contributed by atoms with Crippen molar-refractivity contribution >= 4 is 34.1 Å². The number of halogens is 6. The first kappa shape index (κ1) is 17.6. The molecule has 2 aromatic heterocycles. The number of hydrogen-bond acceptors (Lipinski definition) is 4. The molecule has 0 aliphatic rings. The number of pyridine rings is 1. The average Bonchev–Trinajstić information content (AvgIpc) is 2.42. The minimum atomic E-state index is -4.57. The standard InChI is InChI=1S/C9H3Cl2F4N3O.C2H6/c10-6-4(12)5-3(1-16-6)7(18-8(11)17-5)19-2-9(13,14)15;1-2/h1H,2H2;1-2H3. The Labute approximate surface area is 127 Å². The van der Waals surface area contributed by atoms with Gasteiger partial charge < -0.3 is 4.74 Å². The molecular formula is C11H9Cl2F4N3O. The van der Waals surface area contributed by atoms with Crippen LogP contribution in [0, 0.1) is 5.82 Å². The molecule has 4 nitrogen and oxygen atoms in total. The maximum atomic E-state index is 13.6. The van der Waals surface area contributed by atoms with Crippen molar-refractivity contribution in [3.63, 3.8) is 0 Å². The van der Waals surface area contributed by atoms with E-state index in [2.05, 4.69) is 19.7 Å². The first-order valence-electron chi connectivity index (χ1n) is 5.65. The number of nitrogens with zero attached hydrogens (tertiary/aromatic N) is 3. The highest BCUT2D eigenvalue weighted by Gasteiger charge is 2.29. The number of aromatic nitrogens is 3. The Bertz CT molecular complexity index is 637. The SMILES string of the molecule is CC.Fc1c(Cl)ncc2c(OCC(F)(F)F)nc(Cl)nc12. The first-order valence-corrected chi connectivity index (χ1v) is 6.40. The fraction of sp³-hybridized carbons (Fsp3) is 0.364. The third-order valence-electron chi connectivity index (χ3n) is 1.95. The molecule has 0 amide bonds. The van der Waals surface area contributed by atoms with E-state index in [9.17, 15) is 17.6 Å². The van der Waals surface area contributed by atoms with Gasteiger partial charge in [0.1, 0.15) is 5.52 Å². The van der Waals surface area contributed by atoms with Crippen molar-refractivity contribution in [3.8, 4) is 5.88 Å². The van der Waals surface area contributed by atoms with Crippen molar-refractivity contribution in [2.45, 2.75) is 20.0 Å². The summed E-state index contributed by atoms with van der Waals surface area (Å²) in [7, 11) is 0. The quantitative estimate of drug-likeness (QED) is 0.458. The van der Waals surface area contributed by atoms with Crippen molar-refractivity contribution in [3.05, 3.63) is 22.5 Å². The molecule has 10 heteroatoms. The molecule has 2 aromatic rings. The molecule has 0 aliphatic carbocycles. The van der Waals surface area contributed by atoms with Crippen molar-refractivity contribution in [1.82, 2.24) is 15.0 Å². The van der Waals surface area contributed by atoms with E-state index in [4.69, 9.17) is 23.2 Å². The summed E-state index contributed by atoms with van der Waals surface area (Å²) in [6.07, 6.45) is -3.56. The highest BCUT2D eigenvalue weighted by Crippen LogP contribution is 2.29. The summed E-state index contributed by atoms with van der Waals surface area (Å²) in [6.45, 7) is 2.40. The lowest BCUT2D eigenvalue weighted by Gasteiger charge is -2.10. The minimum Gasteiger partial charge on any atom is -0.467 e. The summed E-state index contributed by atoms with van der Waals surface area (Å²) >= 11 is 10.9. The average molecular weight is 346 g/mol. The Morgan fingerprint density at radius 2 is 1.81 bits per heavy atom. The Balaban J connectivity index is 0.00000106. The van der Waals surface area contributed by atoms with Gasteiger partial charge in [0.25, 0.3) is 0 Å². The molecule has 0 fully saturated rings. The normalized spacial score (nSPS) is 11.0. The van der Waals surface area contributed by atoms with E-state index in [0.29, 0.717) is 0 Å². The summed E-state index contributed by atoms with van der Waals surface area (Å²) in [5.74, 6) is -1.53. The maximum absolute atomic E-state index is 13.6. The van der Waals surface area contributed by atoms with Crippen LogP contribution in [0.15, 0.2) is 6.20 Å². The second-order valence-corrected chi connectivity index (χ2v) is 4.02. The van der Waals surface area contributed by atoms with Crippen LogP contribution in [0.5, 0.6) is 5.88 Å². The smallest absolute Gasteiger partial charge is 0.422 e. The van der Waals surface area contributed by atoms with Gasteiger partial charge >= 0.3 is 6.18 Å². The molecular weight excluding hydrogens is 337 g/mol. The summed E-state index contributed by atoms with van der Waals surface area (Å²) in [5.41, 5.74) is -0.364. The molecule has 0 bridgehead atoms. The number of rotatable bonds is 2. The topological polar surface area (TPSA) is 47.9 Å². The molecule has 0 unspecified atom stereocenters. The molecule has 2 rings (SSSR count). The molecule has 0 radical (unpaired) electrons. The van der Waals surface area contributed by atoms with Gasteiger partial charge in [0.15, 0.2) is 17.6 Å². The Morgan fingerprint density at radius 1 is 1.19 bits per heavy atom. The first-order chi connectivity index (χ1) is 9.78. The van der Waals surface area contributed by atoms with Crippen molar-refractivity contribution in [2.24, 2.45) is 0 Å². The zero-order chi connectivity index (χ0) is 16.2. The van der Waals surface area contributed by atoms with Crippen molar-refractivity contribution < 1.29 is 22.3 Å². The van der Waals surface area contributed by atoms with Crippen LogP contribution in [0.25, 0.3) is 10.9 Å². The van der Waals surface area contributed by atoms with Gasteiger partial charge in [-0.1, -0.05) is 25.4 Å². The summed E-state index contributed by atoms with van der Waals surface area (Å²) in [5, 5.41) is -1.11. The van der Waals surface area contributed by atoms with Crippen LogP contribution in [0.2, 0.25) is 10.4 Å². The van der Waals surface area contributed by atoms with Gasteiger partial charge in [0, 0.05) is 6.20 Å². The zero-order valence-corrected chi connectivity index (χ0v) is 12.3. The van der Waals surface area contributed by atoms with E-state index in [1.54, 1.807) is 0 Å². The van der Waals surface area contributed by atoms with E-state index < -0.39 is 34.9 Å². The predicted molar refractivity (Wildman–Crippen MR) is 70.2 cm³/mol. The summed E-state index contributed by atoms with van der Waals surface area (Å²) in [4.78, 5) is 10.4. The van der Waals surface area contributed by atoms with Gasteiger partial charge in [-0.05, 0) is 11.6 Å². The molecule has 2 heterocycles. The maximum Gasteiger partial charge on any atom is 0.422 e. The predicted octanol–water partition coefficient (Wildman–Crippen LogP) is 4.44. The van der Waals surface area contributed by atoms with E-state index in [0.717, 1.165) is 6.20 Å². The Morgan fingerprint density at radius 3 is 2.38 bits per heavy atom. The summed E-state index contributed by atoms with van der Waals surface area (Å²) < 4.78 is 54.3. The fourth-order valence-electron chi connectivity index (χ4n) is 1.24. The second kappa shape index (κ2) is 7.04. The highest BCUT2D eigenvalue weighted by atomic mass is 35.5. The fourth-order valence-corrected chi connectivity index (χ4v) is 1.54. The van der Waals surface area contributed by atoms with Gasteiger partial charge in [0.2, 0.25) is 11.2 Å². The molecule has 0 saturated heterocycles. The molecule has 0 atom stereocenters. The van der Waals surface area contributed by atoms with Crippen LogP contribution >= 0.6 is 23.2 Å². The van der Waals surface area contributed by atoms with Crippen LogP contribution in [-0.2, 0) is 0 Å². The summed E-state index contributed by atoms with van der Waals surface area (Å²) in [6, 6.07) is 0. The van der Waals surface area contributed by atoms with E-state index in [1.807, 2.05) is 13.8 Å². The van der Waals surface area contributed by atoms with Gasteiger partial charge in [-0.2, -0.15) is 18.2 Å². The number of ether oxygens (including phenoxy) is 1. The van der Waals surface area contributed by atoms with Crippen molar-refractivity contribution in [1.29, 1.82) is 0 Å². The molecule has 21 heavy (non-hydrogen) atoms. The molecule has 0 N–H and O–H groups in total. The lowest BCUT2D eigenvalue weighted by molar-refractivity contribution is -0.153. The van der Waals surface area contributed by atoms with Gasteiger partial charge in [0.05, 0.1) is 5.39 Å². The van der Waals surface area contributed by atoms with Crippen molar-refractivity contribution in [2.75, 3.05) is 6.61 Å². The molecule has 0 spiro atoms. The minimum absolute atomic E-state index is 0.157. The van der Waals surface area contributed by atoms with Gasteiger partial charge in [-0.25, -0.2) is 14.4 Å². The Kier molecular flexibility index (Phi) is 5.91. The van der Waals surface area contributed by atoms with Gasteiger partial charge in [-0.3, -0.25) is 0 Å². The Hall–Kier alpha value is -1.41. The van der Waals surface area contributed by atoms with E-state index in [1.165, 1.54) is 0 Å². The number of hydrogen-bond donors (Lipinski definition) is 0. The third kappa shape index (κ3) is 4.53. The highest BCUT2D eigenvalue weighted by molar-refractivity contribution is 6.30. The monoisotopic (exact) mass is 345 g/mol. The molecule has 116 valence electrons. The van der Waals surface area contributed by atoms with Crippen LogP contribution in [-0.4, -0.2) is 27.7 Å². The van der Waals surface area contributed by atoms with Crippen LogP contribution < -0.4 is 4.74 Å². The van der Waals surface area contributed by atoms with Crippen LogP contribution in [0.3, 0.4) is 0 Å². The zero-order valence-electron chi connectivity index (χ0n) is 10.8. The molecule has 0 aliphatic heterocycles. The van der Waals surface area contributed by atoms with Gasteiger partial charge in [-0.15, -0.1) is 0 Å². The van der Waals surface area contributed by atoms with Crippen LogP contribution in [0.1, 0.15) is 13.8 Å². The second-order valence-electron chi connectivity index (χ2n) is 3.33. The largest absolute Gasteiger partial charge is 0.467 e. The number of alkyl halides is 3. The van der Waals surface area contributed by atoms with E-state index >= 15 is 0 Å². The molecule has 0 aromatic carbocycles.